The van der Waals surface area contributed by atoms with Crippen molar-refractivity contribution >= 4 is 17.0 Å². The maximum absolute atomic E-state index is 10.7. The highest BCUT2D eigenvalue weighted by Crippen LogP contribution is 2.19. The standard InChI is InChI=1S/C10H11N3O2/c1-2-7-9-6(3-8(14)15)4-11-10(9)13-5-12-7/h4-5H,2-3H2,1H3,(H,14,15)(H,11,12,13). The maximum Gasteiger partial charge on any atom is 0.307 e. The Bertz CT molecular complexity index is 504. The molecular formula is C10H11N3O2. The second-order valence-corrected chi connectivity index (χ2v) is 3.28. The monoisotopic (exact) mass is 205 g/mol. The summed E-state index contributed by atoms with van der Waals surface area (Å²) < 4.78 is 0. The number of aliphatic carboxylic acids is 1. The molecule has 5 nitrogen and oxygen atoms in total. The third-order valence-corrected chi connectivity index (χ3v) is 2.31. The average molecular weight is 205 g/mol. The minimum atomic E-state index is -0.846. The van der Waals surface area contributed by atoms with Gasteiger partial charge in [0, 0.05) is 11.6 Å². The van der Waals surface area contributed by atoms with Gasteiger partial charge in [-0.2, -0.15) is 0 Å². The largest absolute Gasteiger partial charge is 0.481 e. The summed E-state index contributed by atoms with van der Waals surface area (Å²) in [5.41, 5.74) is 2.34. The summed E-state index contributed by atoms with van der Waals surface area (Å²) in [7, 11) is 0. The number of fused-ring (bicyclic) bond motifs is 1. The van der Waals surface area contributed by atoms with Crippen LogP contribution in [-0.2, 0) is 17.6 Å². The molecule has 0 aliphatic rings. The van der Waals surface area contributed by atoms with E-state index in [-0.39, 0.29) is 6.42 Å². The van der Waals surface area contributed by atoms with Crippen LogP contribution < -0.4 is 0 Å². The van der Waals surface area contributed by atoms with Crippen LogP contribution in [0.25, 0.3) is 11.0 Å². The van der Waals surface area contributed by atoms with Gasteiger partial charge in [-0.3, -0.25) is 4.79 Å². The Labute approximate surface area is 86.2 Å². The summed E-state index contributed by atoms with van der Waals surface area (Å²) in [6.07, 6.45) is 3.94. The molecule has 2 N–H and O–H groups in total. The fourth-order valence-corrected chi connectivity index (χ4v) is 1.67. The summed E-state index contributed by atoms with van der Waals surface area (Å²) in [6.45, 7) is 1.99. The zero-order valence-electron chi connectivity index (χ0n) is 8.32. The Kier molecular flexibility index (Phi) is 2.37. The summed E-state index contributed by atoms with van der Waals surface area (Å²) in [6, 6.07) is 0. The van der Waals surface area contributed by atoms with Gasteiger partial charge in [-0.05, 0) is 12.0 Å². The van der Waals surface area contributed by atoms with E-state index in [0.29, 0.717) is 5.65 Å². The SMILES string of the molecule is CCc1ncnc2[nH]cc(CC(=O)O)c12. The molecule has 0 aromatic carbocycles. The molecule has 2 aromatic heterocycles. The molecule has 0 saturated carbocycles. The summed E-state index contributed by atoms with van der Waals surface area (Å²) in [5.74, 6) is -0.846. The van der Waals surface area contributed by atoms with Crippen LogP contribution in [0.15, 0.2) is 12.5 Å². The minimum absolute atomic E-state index is 0.000370. The molecule has 78 valence electrons. The Morgan fingerprint density at radius 3 is 3.00 bits per heavy atom. The minimum Gasteiger partial charge on any atom is -0.481 e. The van der Waals surface area contributed by atoms with Gasteiger partial charge < -0.3 is 10.1 Å². The first-order valence-corrected chi connectivity index (χ1v) is 4.74. The van der Waals surface area contributed by atoms with Crippen LogP contribution in [0, 0.1) is 0 Å². The Morgan fingerprint density at radius 2 is 2.33 bits per heavy atom. The molecule has 0 atom stereocenters. The molecule has 0 aliphatic carbocycles. The van der Waals surface area contributed by atoms with E-state index in [1.165, 1.54) is 6.33 Å². The van der Waals surface area contributed by atoms with Crippen molar-refractivity contribution in [3.63, 3.8) is 0 Å². The lowest BCUT2D eigenvalue weighted by Gasteiger charge is -1.99. The zero-order valence-corrected chi connectivity index (χ0v) is 8.32. The lowest BCUT2D eigenvalue weighted by molar-refractivity contribution is -0.136. The van der Waals surface area contributed by atoms with E-state index in [2.05, 4.69) is 15.0 Å². The van der Waals surface area contributed by atoms with Crippen molar-refractivity contribution in [3.05, 3.63) is 23.8 Å². The van der Waals surface area contributed by atoms with Gasteiger partial charge in [-0.15, -0.1) is 0 Å². The number of carboxylic acid groups (broad SMARTS) is 1. The first-order chi connectivity index (χ1) is 7.22. The Balaban J connectivity index is 2.60. The fourth-order valence-electron chi connectivity index (χ4n) is 1.67. The van der Waals surface area contributed by atoms with E-state index in [9.17, 15) is 4.79 Å². The van der Waals surface area contributed by atoms with Crippen LogP contribution in [0.2, 0.25) is 0 Å². The van der Waals surface area contributed by atoms with Gasteiger partial charge >= 0.3 is 5.97 Å². The quantitative estimate of drug-likeness (QED) is 0.787. The molecule has 0 unspecified atom stereocenters. The topological polar surface area (TPSA) is 78.9 Å². The molecule has 0 bridgehead atoms. The Morgan fingerprint density at radius 1 is 1.53 bits per heavy atom. The number of hydrogen-bond donors (Lipinski definition) is 2. The van der Waals surface area contributed by atoms with Crippen molar-refractivity contribution in [3.8, 4) is 0 Å². The number of carbonyl (C=O) groups is 1. The van der Waals surface area contributed by atoms with Gasteiger partial charge in [-0.25, -0.2) is 9.97 Å². The van der Waals surface area contributed by atoms with Gasteiger partial charge in [-0.1, -0.05) is 6.92 Å². The number of nitrogens with zero attached hydrogens (tertiary/aromatic N) is 2. The predicted octanol–water partition coefficient (Wildman–Crippen LogP) is 1.15. The first kappa shape index (κ1) is 9.64. The molecular weight excluding hydrogens is 194 g/mol. The second-order valence-electron chi connectivity index (χ2n) is 3.28. The molecule has 0 radical (unpaired) electrons. The molecule has 0 spiro atoms. The number of aromatic nitrogens is 3. The molecule has 2 aromatic rings. The lowest BCUT2D eigenvalue weighted by atomic mass is 10.1. The van der Waals surface area contributed by atoms with Gasteiger partial charge in [0.15, 0.2) is 0 Å². The number of carboxylic acids is 1. The summed E-state index contributed by atoms with van der Waals surface area (Å²) >= 11 is 0. The fraction of sp³-hybridized carbons (Fsp3) is 0.300. The Hall–Kier alpha value is -1.91. The normalized spacial score (nSPS) is 10.7. The third-order valence-electron chi connectivity index (χ3n) is 2.31. The molecule has 15 heavy (non-hydrogen) atoms. The highest BCUT2D eigenvalue weighted by atomic mass is 16.4. The highest BCUT2D eigenvalue weighted by Gasteiger charge is 2.11. The molecule has 2 rings (SSSR count). The van der Waals surface area contributed by atoms with E-state index >= 15 is 0 Å². The molecule has 0 aliphatic heterocycles. The van der Waals surface area contributed by atoms with Crippen molar-refractivity contribution in [1.82, 2.24) is 15.0 Å². The second kappa shape index (κ2) is 3.68. The van der Waals surface area contributed by atoms with Crippen molar-refractivity contribution < 1.29 is 9.90 Å². The van der Waals surface area contributed by atoms with Crippen LogP contribution in [0.5, 0.6) is 0 Å². The summed E-state index contributed by atoms with van der Waals surface area (Å²) in [5, 5.41) is 9.60. The van der Waals surface area contributed by atoms with Gasteiger partial charge in [0.2, 0.25) is 0 Å². The average Bonchev–Trinajstić information content (AvgIpc) is 2.61. The van der Waals surface area contributed by atoms with Crippen molar-refractivity contribution in [2.45, 2.75) is 19.8 Å². The van der Waals surface area contributed by atoms with Crippen LogP contribution in [0.3, 0.4) is 0 Å². The number of nitrogens with one attached hydrogen (secondary N) is 1. The number of H-pyrrole nitrogens is 1. The summed E-state index contributed by atoms with van der Waals surface area (Å²) in [4.78, 5) is 21.8. The van der Waals surface area contributed by atoms with Crippen LogP contribution in [0.4, 0.5) is 0 Å². The van der Waals surface area contributed by atoms with Crippen molar-refractivity contribution in [2.24, 2.45) is 0 Å². The van der Waals surface area contributed by atoms with Gasteiger partial charge in [0.05, 0.1) is 12.1 Å². The van der Waals surface area contributed by atoms with Gasteiger partial charge in [0.25, 0.3) is 0 Å². The first-order valence-electron chi connectivity index (χ1n) is 4.74. The van der Waals surface area contributed by atoms with Crippen LogP contribution in [-0.4, -0.2) is 26.0 Å². The number of rotatable bonds is 3. The van der Waals surface area contributed by atoms with Crippen molar-refractivity contribution in [2.75, 3.05) is 0 Å². The molecule has 0 saturated heterocycles. The number of hydrogen-bond acceptors (Lipinski definition) is 3. The predicted molar refractivity (Wildman–Crippen MR) is 54.6 cm³/mol. The van der Waals surface area contributed by atoms with Crippen LogP contribution >= 0.6 is 0 Å². The molecule has 2 heterocycles. The van der Waals surface area contributed by atoms with E-state index in [4.69, 9.17) is 5.11 Å². The van der Waals surface area contributed by atoms with E-state index < -0.39 is 5.97 Å². The maximum atomic E-state index is 10.7. The van der Waals surface area contributed by atoms with Gasteiger partial charge in [0.1, 0.15) is 12.0 Å². The third kappa shape index (κ3) is 1.68. The number of aromatic amines is 1. The van der Waals surface area contributed by atoms with E-state index in [1.807, 2.05) is 6.92 Å². The number of aryl methyl sites for hydroxylation is 1. The lowest BCUT2D eigenvalue weighted by Crippen LogP contribution is -2.00. The molecule has 0 fully saturated rings. The molecule has 0 amide bonds. The molecule has 5 heteroatoms. The smallest absolute Gasteiger partial charge is 0.307 e. The van der Waals surface area contributed by atoms with Crippen molar-refractivity contribution in [1.29, 1.82) is 0 Å². The van der Waals surface area contributed by atoms with E-state index in [0.717, 1.165) is 23.1 Å². The van der Waals surface area contributed by atoms with E-state index in [1.54, 1.807) is 6.20 Å². The highest BCUT2D eigenvalue weighted by molar-refractivity contribution is 5.86. The van der Waals surface area contributed by atoms with Crippen LogP contribution in [0.1, 0.15) is 18.2 Å². The zero-order chi connectivity index (χ0) is 10.8.